The zero-order chi connectivity index (χ0) is 18.3. The van der Waals surface area contributed by atoms with Gasteiger partial charge in [-0.05, 0) is 46.0 Å². The lowest BCUT2D eigenvalue weighted by atomic mass is 9.83. The minimum Gasteiger partial charge on any atom is -0.469 e. The lowest BCUT2D eigenvalue weighted by Crippen LogP contribution is -2.32. The van der Waals surface area contributed by atoms with E-state index in [4.69, 9.17) is 9.47 Å². The molecule has 1 atom stereocenters. The third kappa shape index (κ3) is 10.1. The Bertz CT molecular complexity index is 418. The van der Waals surface area contributed by atoms with Gasteiger partial charge >= 0.3 is 11.9 Å². The van der Waals surface area contributed by atoms with Gasteiger partial charge in [-0.2, -0.15) is 0 Å². The molecule has 0 rings (SSSR count). The topological polar surface area (TPSA) is 69.7 Å². The Balaban J connectivity index is 4.37. The molecule has 0 heterocycles. The molecule has 0 aromatic rings. The standard InChI is InChI=1S/C18H32O5/c1-13(19)14(16(21)23-17(2,3)4)10-8-9-11-18(5,6)12-15(20)22-7/h14H,8-12H2,1-7H3. The highest BCUT2D eigenvalue weighted by Crippen LogP contribution is 2.29. The van der Waals surface area contributed by atoms with Gasteiger partial charge in [-0.3, -0.25) is 14.4 Å². The Morgan fingerprint density at radius 2 is 1.57 bits per heavy atom. The number of hydrogen-bond donors (Lipinski definition) is 0. The maximum atomic E-state index is 12.1. The fourth-order valence-electron chi connectivity index (χ4n) is 2.36. The Morgan fingerprint density at radius 3 is 2.00 bits per heavy atom. The average molecular weight is 328 g/mol. The number of methoxy groups -OCH3 is 1. The molecular weight excluding hydrogens is 296 g/mol. The monoisotopic (exact) mass is 328 g/mol. The number of unbranched alkanes of at least 4 members (excludes halogenated alkanes) is 1. The van der Waals surface area contributed by atoms with Gasteiger partial charge in [0, 0.05) is 0 Å². The predicted octanol–water partition coefficient (Wildman–Crippen LogP) is 3.68. The maximum absolute atomic E-state index is 12.1. The van der Waals surface area contributed by atoms with Crippen LogP contribution in [0.4, 0.5) is 0 Å². The molecule has 0 spiro atoms. The van der Waals surface area contributed by atoms with Gasteiger partial charge in [0.15, 0.2) is 0 Å². The quantitative estimate of drug-likeness (QED) is 0.367. The van der Waals surface area contributed by atoms with Crippen LogP contribution in [0.2, 0.25) is 0 Å². The molecule has 0 aliphatic heterocycles. The molecule has 0 amide bonds. The van der Waals surface area contributed by atoms with Crippen LogP contribution in [0, 0.1) is 11.3 Å². The number of carbonyl (C=O) groups excluding carboxylic acids is 3. The van der Waals surface area contributed by atoms with Gasteiger partial charge in [0.2, 0.25) is 0 Å². The van der Waals surface area contributed by atoms with E-state index in [1.54, 1.807) is 20.8 Å². The summed E-state index contributed by atoms with van der Waals surface area (Å²) >= 11 is 0. The first-order valence-electron chi connectivity index (χ1n) is 8.18. The number of carbonyl (C=O) groups is 3. The average Bonchev–Trinajstić information content (AvgIpc) is 2.34. The van der Waals surface area contributed by atoms with Crippen molar-refractivity contribution in [1.29, 1.82) is 0 Å². The molecule has 0 aromatic carbocycles. The smallest absolute Gasteiger partial charge is 0.316 e. The fraction of sp³-hybridized carbons (Fsp3) is 0.833. The van der Waals surface area contributed by atoms with E-state index in [0.29, 0.717) is 12.8 Å². The second kappa shape index (κ2) is 9.04. The fourth-order valence-corrected chi connectivity index (χ4v) is 2.36. The van der Waals surface area contributed by atoms with Crippen molar-refractivity contribution in [1.82, 2.24) is 0 Å². The Morgan fingerprint density at radius 1 is 1.00 bits per heavy atom. The lowest BCUT2D eigenvalue weighted by molar-refractivity contribution is -0.162. The van der Waals surface area contributed by atoms with Crippen LogP contribution >= 0.6 is 0 Å². The number of Topliss-reactive ketones (excluding diaryl/α,β-unsaturated/α-hetero) is 1. The summed E-state index contributed by atoms with van der Waals surface area (Å²) in [7, 11) is 1.39. The van der Waals surface area contributed by atoms with E-state index in [0.717, 1.165) is 19.3 Å². The van der Waals surface area contributed by atoms with Crippen LogP contribution < -0.4 is 0 Å². The van der Waals surface area contributed by atoms with E-state index >= 15 is 0 Å². The summed E-state index contributed by atoms with van der Waals surface area (Å²) in [6.07, 6.45) is 3.27. The normalized spacial score (nSPS) is 13.3. The molecule has 0 radical (unpaired) electrons. The number of esters is 2. The molecule has 1 unspecified atom stereocenters. The summed E-state index contributed by atoms with van der Waals surface area (Å²) in [4.78, 5) is 35.1. The van der Waals surface area contributed by atoms with E-state index < -0.39 is 17.5 Å². The van der Waals surface area contributed by atoms with Crippen molar-refractivity contribution in [3.05, 3.63) is 0 Å². The second-order valence-electron chi connectivity index (χ2n) is 7.86. The summed E-state index contributed by atoms with van der Waals surface area (Å²) in [5, 5.41) is 0. The van der Waals surface area contributed by atoms with E-state index in [-0.39, 0.29) is 17.2 Å². The highest BCUT2D eigenvalue weighted by Gasteiger charge is 2.29. The van der Waals surface area contributed by atoms with Crippen LogP contribution in [0.25, 0.3) is 0 Å². The Hall–Kier alpha value is -1.39. The molecule has 0 bridgehead atoms. The van der Waals surface area contributed by atoms with Crippen LogP contribution in [0.15, 0.2) is 0 Å². The number of ether oxygens (including phenoxy) is 2. The van der Waals surface area contributed by atoms with Crippen LogP contribution in [0.5, 0.6) is 0 Å². The molecule has 0 saturated carbocycles. The molecular formula is C18H32O5. The Labute approximate surface area is 140 Å². The van der Waals surface area contributed by atoms with E-state index in [1.807, 2.05) is 13.8 Å². The van der Waals surface area contributed by atoms with E-state index in [9.17, 15) is 14.4 Å². The first kappa shape index (κ1) is 21.6. The summed E-state index contributed by atoms with van der Waals surface area (Å²) < 4.78 is 10.0. The van der Waals surface area contributed by atoms with Crippen LogP contribution in [-0.4, -0.2) is 30.4 Å². The maximum Gasteiger partial charge on any atom is 0.316 e. The minimum atomic E-state index is -0.696. The molecule has 0 fully saturated rings. The largest absolute Gasteiger partial charge is 0.469 e. The van der Waals surface area contributed by atoms with Crippen molar-refractivity contribution < 1.29 is 23.9 Å². The second-order valence-corrected chi connectivity index (χ2v) is 7.86. The Kier molecular flexibility index (Phi) is 8.49. The van der Waals surface area contributed by atoms with Gasteiger partial charge in [0.1, 0.15) is 17.3 Å². The first-order valence-corrected chi connectivity index (χ1v) is 8.18. The van der Waals surface area contributed by atoms with Gasteiger partial charge < -0.3 is 9.47 Å². The summed E-state index contributed by atoms with van der Waals surface area (Å²) in [6.45, 7) is 10.8. The van der Waals surface area contributed by atoms with E-state index in [2.05, 4.69) is 0 Å². The van der Waals surface area contributed by atoms with E-state index in [1.165, 1.54) is 14.0 Å². The molecule has 0 aliphatic carbocycles. The van der Waals surface area contributed by atoms with Gasteiger partial charge in [0.25, 0.3) is 0 Å². The van der Waals surface area contributed by atoms with Gasteiger partial charge in [-0.15, -0.1) is 0 Å². The number of hydrogen-bond acceptors (Lipinski definition) is 5. The van der Waals surface area contributed by atoms with Crippen molar-refractivity contribution >= 4 is 17.7 Å². The van der Waals surface area contributed by atoms with Gasteiger partial charge in [-0.25, -0.2) is 0 Å². The van der Waals surface area contributed by atoms with Crippen LogP contribution in [0.3, 0.4) is 0 Å². The molecule has 0 N–H and O–H groups in total. The summed E-state index contributed by atoms with van der Waals surface area (Å²) in [6, 6.07) is 0. The van der Waals surface area contributed by atoms with Crippen LogP contribution in [0.1, 0.15) is 73.6 Å². The highest BCUT2D eigenvalue weighted by molar-refractivity contribution is 5.97. The molecule has 23 heavy (non-hydrogen) atoms. The molecule has 0 aromatic heterocycles. The molecule has 5 nitrogen and oxygen atoms in total. The zero-order valence-corrected chi connectivity index (χ0v) is 15.7. The van der Waals surface area contributed by atoms with Gasteiger partial charge in [0.05, 0.1) is 13.5 Å². The molecule has 134 valence electrons. The number of rotatable bonds is 9. The van der Waals surface area contributed by atoms with Crippen molar-refractivity contribution in [3.63, 3.8) is 0 Å². The zero-order valence-electron chi connectivity index (χ0n) is 15.7. The highest BCUT2D eigenvalue weighted by atomic mass is 16.6. The number of ketones is 1. The molecule has 0 saturated heterocycles. The predicted molar refractivity (Wildman–Crippen MR) is 88.9 cm³/mol. The molecule has 0 aliphatic rings. The lowest BCUT2D eigenvalue weighted by Gasteiger charge is -2.24. The SMILES string of the molecule is COC(=O)CC(C)(C)CCCCC(C(C)=O)C(=O)OC(C)(C)C. The van der Waals surface area contributed by atoms with Crippen molar-refractivity contribution in [2.24, 2.45) is 11.3 Å². The third-order valence-corrected chi connectivity index (χ3v) is 3.63. The van der Waals surface area contributed by atoms with Crippen molar-refractivity contribution in [2.45, 2.75) is 79.2 Å². The minimum absolute atomic E-state index is 0.148. The molecule has 5 heteroatoms. The first-order chi connectivity index (χ1) is 10.4. The van der Waals surface area contributed by atoms with Crippen molar-refractivity contribution in [3.8, 4) is 0 Å². The van der Waals surface area contributed by atoms with Crippen LogP contribution in [-0.2, 0) is 23.9 Å². The third-order valence-electron chi connectivity index (χ3n) is 3.63. The van der Waals surface area contributed by atoms with Gasteiger partial charge in [-0.1, -0.05) is 26.7 Å². The summed E-state index contributed by atoms with van der Waals surface area (Å²) in [5.74, 6) is -1.52. The summed E-state index contributed by atoms with van der Waals surface area (Å²) in [5.41, 5.74) is -0.738. The van der Waals surface area contributed by atoms with Crippen molar-refractivity contribution in [2.75, 3.05) is 7.11 Å².